The summed E-state index contributed by atoms with van der Waals surface area (Å²) in [5.74, 6) is 5.93. The number of rotatable bonds is 9. The highest BCUT2D eigenvalue weighted by molar-refractivity contribution is 6.37. The van der Waals surface area contributed by atoms with Gasteiger partial charge in [-0.2, -0.15) is 10.4 Å². The lowest BCUT2D eigenvalue weighted by atomic mass is 10.1. The van der Waals surface area contributed by atoms with Crippen LogP contribution in [0.4, 0.5) is 11.8 Å². The number of hydrogen-bond acceptors (Lipinski definition) is 11. The second-order valence-corrected chi connectivity index (χ2v) is 9.52. The number of aliphatic imine (C=N–C) groups is 1. The van der Waals surface area contributed by atoms with Crippen LogP contribution in [0.1, 0.15) is 36.2 Å². The minimum Gasteiger partial charge on any atom is -0.480 e. The molecular formula is C28H29N9O3. The summed E-state index contributed by atoms with van der Waals surface area (Å²) >= 11 is 0. The number of aliphatic carboxylic acids is 1. The van der Waals surface area contributed by atoms with Crippen LogP contribution in [0.5, 0.6) is 0 Å². The van der Waals surface area contributed by atoms with Gasteiger partial charge in [-0.15, -0.1) is 0 Å². The Hall–Kier alpha value is -4.89. The number of pyridine rings is 1. The van der Waals surface area contributed by atoms with E-state index in [1.807, 2.05) is 29.2 Å². The first kappa shape index (κ1) is 26.7. The van der Waals surface area contributed by atoms with Gasteiger partial charge in [0, 0.05) is 18.7 Å². The standard InChI is InChI=1S/C28H29N9O3/c29-14-18-4-1-5-19(12-18)22-13-23(35-28(34-22)33-21-9-11-40-17-21)24(36-30)16-31-15-20-6-2-8-26(32-20)37-10-3-7-25(37)27(38)39/h1-2,4-6,8,12-13,16,21,25H,3,7,9-11,15,17,30H2,(H,38,39)(H,33,34,35)/t21-,25+/m0/s1. The molecule has 2 saturated heterocycles. The number of carboxylic acids is 1. The predicted octanol–water partition coefficient (Wildman–Crippen LogP) is 2.60. The summed E-state index contributed by atoms with van der Waals surface area (Å²) < 4.78 is 5.47. The van der Waals surface area contributed by atoms with Crippen molar-refractivity contribution in [1.82, 2.24) is 15.0 Å². The zero-order chi connectivity index (χ0) is 27.9. The van der Waals surface area contributed by atoms with Crippen LogP contribution in [0.25, 0.3) is 11.3 Å². The van der Waals surface area contributed by atoms with E-state index in [0.29, 0.717) is 66.3 Å². The van der Waals surface area contributed by atoms with E-state index in [1.165, 1.54) is 6.21 Å². The van der Waals surface area contributed by atoms with Gasteiger partial charge in [0.05, 0.1) is 54.1 Å². The molecule has 5 rings (SSSR count). The third-order valence-corrected chi connectivity index (χ3v) is 6.77. The molecule has 2 fully saturated rings. The van der Waals surface area contributed by atoms with Gasteiger partial charge in [0.25, 0.3) is 0 Å². The molecule has 0 unspecified atom stereocenters. The number of carbonyl (C=O) groups is 1. The molecule has 2 aromatic heterocycles. The second kappa shape index (κ2) is 12.3. The fraction of sp³-hybridized carbons (Fsp3) is 0.321. The number of hydrazone groups is 1. The van der Waals surface area contributed by atoms with E-state index in [0.717, 1.165) is 18.4 Å². The molecule has 4 heterocycles. The molecule has 3 aromatic rings. The van der Waals surface area contributed by atoms with E-state index in [4.69, 9.17) is 10.6 Å². The van der Waals surface area contributed by atoms with Crippen LogP contribution in [0.15, 0.2) is 58.6 Å². The van der Waals surface area contributed by atoms with Crippen LogP contribution in [0.2, 0.25) is 0 Å². The lowest BCUT2D eigenvalue weighted by Gasteiger charge is -2.22. The molecule has 2 aliphatic rings. The summed E-state index contributed by atoms with van der Waals surface area (Å²) in [6.45, 7) is 2.12. The van der Waals surface area contributed by atoms with Crippen molar-refractivity contribution in [3.63, 3.8) is 0 Å². The molecular weight excluding hydrogens is 510 g/mol. The average Bonchev–Trinajstić information content (AvgIpc) is 3.68. The van der Waals surface area contributed by atoms with Crippen molar-refractivity contribution in [3.05, 3.63) is 65.5 Å². The van der Waals surface area contributed by atoms with Gasteiger partial charge < -0.3 is 25.9 Å². The number of nitrogens with one attached hydrogen (secondary N) is 1. The first-order valence-corrected chi connectivity index (χ1v) is 13.0. The molecule has 0 bridgehead atoms. The van der Waals surface area contributed by atoms with Gasteiger partial charge in [-0.1, -0.05) is 18.2 Å². The van der Waals surface area contributed by atoms with Crippen LogP contribution in [0, 0.1) is 11.3 Å². The Morgan fingerprint density at radius 2 is 2.10 bits per heavy atom. The fourth-order valence-corrected chi connectivity index (χ4v) is 4.77. The zero-order valence-corrected chi connectivity index (χ0v) is 21.8. The Bertz CT molecular complexity index is 1480. The monoisotopic (exact) mass is 539 g/mol. The molecule has 0 radical (unpaired) electrons. The molecule has 0 spiro atoms. The normalized spacial score (nSPS) is 19.2. The summed E-state index contributed by atoms with van der Waals surface area (Å²) in [5, 5.41) is 26.1. The highest BCUT2D eigenvalue weighted by Crippen LogP contribution is 2.25. The van der Waals surface area contributed by atoms with Crippen LogP contribution in [0.3, 0.4) is 0 Å². The van der Waals surface area contributed by atoms with E-state index in [1.54, 1.807) is 24.3 Å². The van der Waals surface area contributed by atoms with E-state index >= 15 is 0 Å². The molecule has 12 nitrogen and oxygen atoms in total. The maximum absolute atomic E-state index is 11.6. The number of anilines is 2. The summed E-state index contributed by atoms with van der Waals surface area (Å²) in [7, 11) is 0. The molecule has 40 heavy (non-hydrogen) atoms. The quantitative estimate of drug-likeness (QED) is 0.208. The second-order valence-electron chi connectivity index (χ2n) is 9.52. The summed E-state index contributed by atoms with van der Waals surface area (Å²) in [5.41, 5.74) is 3.36. The van der Waals surface area contributed by atoms with Gasteiger partial charge in [-0.3, -0.25) is 4.99 Å². The average molecular weight is 540 g/mol. The van der Waals surface area contributed by atoms with Crippen molar-refractivity contribution in [2.45, 2.75) is 37.9 Å². The number of benzene rings is 1. The summed E-state index contributed by atoms with van der Waals surface area (Å²) in [4.78, 5) is 31.8. The zero-order valence-electron chi connectivity index (χ0n) is 21.8. The maximum atomic E-state index is 11.6. The third-order valence-electron chi connectivity index (χ3n) is 6.77. The van der Waals surface area contributed by atoms with Crippen molar-refractivity contribution >= 4 is 29.7 Å². The van der Waals surface area contributed by atoms with Crippen molar-refractivity contribution in [3.8, 4) is 17.3 Å². The van der Waals surface area contributed by atoms with Crippen molar-refractivity contribution in [2.24, 2.45) is 15.9 Å². The van der Waals surface area contributed by atoms with Crippen molar-refractivity contribution in [1.29, 1.82) is 5.26 Å². The third kappa shape index (κ3) is 6.22. The van der Waals surface area contributed by atoms with Gasteiger partial charge in [-0.25, -0.2) is 19.7 Å². The molecule has 2 aliphatic heterocycles. The molecule has 4 N–H and O–H groups in total. The number of hydrogen-bond donors (Lipinski definition) is 3. The topological polar surface area (TPSA) is 175 Å². The van der Waals surface area contributed by atoms with Crippen molar-refractivity contribution < 1.29 is 14.6 Å². The van der Waals surface area contributed by atoms with Gasteiger partial charge >= 0.3 is 5.97 Å². The fourth-order valence-electron chi connectivity index (χ4n) is 4.77. The highest BCUT2D eigenvalue weighted by atomic mass is 16.5. The Morgan fingerprint density at radius 1 is 1.23 bits per heavy atom. The predicted molar refractivity (Wildman–Crippen MR) is 150 cm³/mol. The van der Waals surface area contributed by atoms with Gasteiger partial charge in [-0.05, 0) is 49.6 Å². The first-order chi connectivity index (χ1) is 19.5. The van der Waals surface area contributed by atoms with E-state index in [-0.39, 0.29) is 12.6 Å². The van der Waals surface area contributed by atoms with Crippen LogP contribution >= 0.6 is 0 Å². The van der Waals surface area contributed by atoms with Crippen LogP contribution < -0.4 is 16.1 Å². The highest BCUT2D eigenvalue weighted by Gasteiger charge is 2.31. The molecule has 204 valence electrons. The van der Waals surface area contributed by atoms with Gasteiger partial charge in [0.2, 0.25) is 5.95 Å². The molecule has 1 aromatic carbocycles. The molecule has 0 saturated carbocycles. The first-order valence-electron chi connectivity index (χ1n) is 13.0. The lowest BCUT2D eigenvalue weighted by Crippen LogP contribution is -2.36. The van der Waals surface area contributed by atoms with E-state index < -0.39 is 12.0 Å². The molecule has 2 atom stereocenters. The van der Waals surface area contributed by atoms with Gasteiger partial charge in [0.15, 0.2) is 0 Å². The molecule has 0 aliphatic carbocycles. The Balaban J connectivity index is 1.38. The number of aromatic nitrogens is 3. The van der Waals surface area contributed by atoms with Gasteiger partial charge in [0.1, 0.15) is 17.6 Å². The van der Waals surface area contributed by atoms with E-state index in [2.05, 4.69) is 36.4 Å². The number of nitrogens with zero attached hydrogens (tertiary/aromatic N) is 7. The van der Waals surface area contributed by atoms with E-state index in [9.17, 15) is 15.2 Å². The lowest BCUT2D eigenvalue weighted by molar-refractivity contribution is -0.138. The Labute approximate surface area is 231 Å². The number of ether oxygens (including phenoxy) is 1. The summed E-state index contributed by atoms with van der Waals surface area (Å²) in [6.07, 6.45) is 3.78. The van der Waals surface area contributed by atoms with Crippen LogP contribution in [-0.2, 0) is 16.1 Å². The number of nitriles is 1. The Morgan fingerprint density at radius 3 is 2.88 bits per heavy atom. The number of nitrogens with two attached hydrogens (primary N) is 1. The minimum atomic E-state index is -0.843. The van der Waals surface area contributed by atoms with Crippen LogP contribution in [-0.4, -0.2) is 69.8 Å². The minimum absolute atomic E-state index is 0.0788. The van der Waals surface area contributed by atoms with Crippen molar-refractivity contribution in [2.75, 3.05) is 30.0 Å². The number of carboxylic acid groups (broad SMARTS) is 1. The largest absolute Gasteiger partial charge is 0.480 e. The maximum Gasteiger partial charge on any atom is 0.326 e. The smallest absolute Gasteiger partial charge is 0.326 e. The SMILES string of the molecule is N#Cc1cccc(-c2cc(C(C=NCc3cccc(N4CCC[C@@H]4C(=O)O)n3)=NN)nc(N[C@H]3CCOC3)n2)c1. The molecule has 0 amide bonds. The molecule has 12 heteroatoms. The summed E-state index contributed by atoms with van der Waals surface area (Å²) in [6, 6.07) is 16.1. The Kier molecular flexibility index (Phi) is 8.22.